The van der Waals surface area contributed by atoms with E-state index >= 15 is 0 Å². The molecule has 0 N–H and O–H groups in total. The number of hydrogen-bond donors (Lipinski definition) is 0. The van der Waals surface area contributed by atoms with Crippen LogP contribution < -0.4 is 0 Å². The van der Waals surface area contributed by atoms with Gasteiger partial charge < -0.3 is 0 Å². The first-order valence-corrected chi connectivity index (χ1v) is 5.63. The van der Waals surface area contributed by atoms with Crippen LogP contribution in [0.5, 0.6) is 0 Å². The number of hydrogen-bond acceptors (Lipinski definition) is 0. The van der Waals surface area contributed by atoms with Crippen molar-refractivity contribution >= 4 is 0 Å². The van der Waals surface area contributed by atoms with Crippen LogP contribution in [0.1, 0.15) is 45.2 Å². The molecule has 1 aromatic carbocycles. The highest BCUT2D eigenvalue weighted by Gasteiger charge is 2.03. The van der Waals surface area contributed by atoms with Crippen molar-refractivity contribution in [1.29, 1.82) is 0 Å². The van der Waals surface area contributed by atoms with E-state index in [9.17, 15) is 0 Å². The molecule has 0 spiro atoms. The highest BCUT2D eigenvalue weighted by molar-refractivity contribution is 5.38. The molecule has 80 valence electrons. The van der Waals surface area contributed by atoms with Crippen LogP contribution in [0.15, 0.2) is 24.3 Å². The van der Waals surface area contributed by atoms with Crippen LogP contribution in [0, 0.1) is 17.3 Å². The lowest BCUT2D eigenvalue weighted by Crippen LogP contribution is -1.99. The Morgan fingerprint density at radius 2 is 1.93 bits per heavy atom. The highest BCUT2D eigenvalue weighted by atomic mass is 14.1. The van der Waals surface area contributed by atoms with Gasteiger partial charge in [-0.3, -0.25) is 0 Å². The summed E-state index contributed by atoms with van der Waals surface area (Å²) in [7, 11) is 0. The van der Waals surface area contributed by atoms with E-state index in [1.807, 2.05) is 0 Å². The molecule has 0 saturated carbocycles. The predicted molar refractivity (Wildman–Crippen MR) is 66.8 cm³/mol. The van der Waals surface area contributed by atoms with E-state index in [0.717, 1.165) is 12.0 Å². The molecule has 0 aromatic heterocycles. The van der Waals surface area contributed by atoms with Crippen molar-refractivity contribution in [3.8, 4) is 11.8 Å². The van der Waals surface area contributed by atoms with Crippen molar-refractivity contribution in [3.63, 3.8) is 0 Å². The molecule has 0 heteroatoms. The monoisotopic (exact) mass is 200 g/mol. The fraction of sp³-hybridized carbons (Fsp3) is 0.467. The average Bonchev–Trinajstić information content (AvgIpc) is 2.15. The molecule has 1 aromatic rings. The van der Waals surface area contributed by atoms with Crippen LogP contribution in [0.25, 0.3) is 0 Å². The Bertz CT molecular complexity index is 369. The van der Waals surface area contributed by atoms with Crippen LogP contribution in [0.3, 0.4) is 0 Å². The lowest BCUT2D eigenvalue weighted by atomic mass is 9.97. The van der Waals surface area contributed by atoms with Gasteiger partial charge in [0.05, 0.1) is 0 Å². The minimum absolute atomic E-state index is 0.0841. The maximum absolute atomic E-state index is 3.26. The summed E-state index contributed by atoms with van der Waals surface area (Å²) in [6, 6.07) is 8.55. The largest absolute Gasteiger partial charge is 0.0920 e. The second kappa shape index (κ2) is 5.03. The SMILES string of the molecule is CCCc1cccc(C#CC(C)(C)C)c1. The van der Waals surface area contributed by atoms with E-state index in [4.69, 9.17) is 0 Å². The smallest absolute Gasteiger partial charge is 0.0248 e. The Morgan fingerprint density at radius 1 is 1.20 bits per heavy atom. The van der Waals surface area contributed by atoms with E-state index in [0.29, 0.717) is 0 Å². The second-order valence-corrected chi connectivity index (χ2v) is 4.95. The molecule has 0 heterocycles. The molecule has 0 aliphatic carbocycles. The van der Waals surface area contributed by atoms with Crippen molar-refractivity contribution in [2.24, 2.45) is 5.41 Å². The van der Waals surface area contributed by atoms with Gasteiger partial charge in [-0.1, -0.05) is 37.3 Å². The lowest BCUT2D eigenvalue weighted by Gasteiger charge is -2.07. The Morgan fingerprint density at radius 3 is 2.53 bits per heavy atom. The molecule has 0 radical (unpaired) electrons. The van der Waals surface area contributed by atoms with Gasteiger partial charge in [0.25, 0.3) is 0 Å². The summed E-state index contributed by atoms with van der Waals surface area (Å²) in [5.74, 6) is 6.49. The zero-order valence-corrected chi connectivity index (χ0v) is 10.2. The lowest BCUT2D eigenvalue weighted by molar-refractivity contribution is 0.571. The molecule has 0 nitrogen and oxygen atoms in total. The molecule has 0 atom stereocenters. The molecule has 15 heavy (non-hydrogen) atoms. The minimum Gasteiger partial charge on any atom is -0.0920 e. The van der Waals surface area contributed by atoms with Gasteiger partial charge >= 0.3 is 0 Å². The number of rotatable bonds is 2. The number of benzene rings is 1. The minimum atomic E-state index is 0.0841. The first-order chi connectivity index (χ1) is 7.01. The first kappa shape index (κ1) is 11.9. The van der Waals surface area contributed by atoms with Gasteiger partial charge in [0.1, 0.15) is 0 Å². The van der Waals surface area contributed by atoms with Crippen LogP contribution in [-0.4, -0.2) is 0 Å². The van der Waals surface area contributed by atoms with E-state index < -0.39 is 0 Å². The summed E-state index contributed by atoms with van der Waals surface area (Å²) < 4.78 is 0. The summed E-state index contributed by atoms with van der Waals surface area (Å²) in [5.41, 5.74) is 2.61. The summed E-state index contributed by atoms with van der Waals surface area (Å²) in [5, 5.41) is 0. The molecule has 0 unspecified atom stereocenters. The van der Waals surface area contributed by atoms with Crippen molar-refractivity contribution in [3.05, 3.63) is 35.4 Å². The Hall–Kier alpha value is -1.22. The summed E-state index contributed by atoms with van der Waals surface area (Å²) >= 11 is 0. The van der Waals surface area contributed by atoms with E-state index in [2.05, 4.69) is 63.8 Å². The standard InChI is InChI=1S/C15H20/c1-5-7-13-8-6-9-14(12-13)10-11-15(2,3)4/h6,8-9,12H,5,7H2,1-4H3. The van der Waals surface area contributed by atoms with Gasteiger partial charge in [-0.05, 0) is 44.9 Å². The number of aryl methyl sites for hydroxylation is 1. The molecule has 0 saturated heterocycles. The van der Waals surface area contributed by atoms with Gasteiger partial charge in [-0.15, -0.1) is 0 Å². The Balaban J connectivity index is 2.85. The van der Waals surface area contributed by atoms with Crippen LogP contribution in [-0.2, 0) is 6.42 Å². The van der Waals surface area contributed by atoms with Crippen molar-refractivity contribution in [1.82, 2.24) is 0 Å². The highest BCUT2D eigenvalue weighted by Crippen LogP contribution is 2.12. The van der Waals surface area contributed by atoms with Crippen LogP contribution in [0.2, 0.25) is 0 Å². The topological polar surface area (TPSA) is 0 Å². The van der Waals surface area contributed by atoms with Crippen molar-refractivity contribution < 1.29 is 0 Å². The summed E-state index contributed by atoms with van der Waals surface area (Å²) in [6.07, 6.45) is 2.33. The maximum Gasteiger partial charge on any atom is 0.0248 e. The zero-order chi connectivity index (χ0) is 11.3. The molecular weight excluding hydrogens is 180 g/mol. The molecule has 0 aliphatic rings. The molecule has 1 rings (SSSR count). The van der Waals surface area contributed by atoms with E-state index in [1.54, 1.807) is 0 Å². The van der Waals surface area contributed by atoms with E-state index in [1.165, 1.54) is 12.0 Å². The van der Waals surface area contributed by atoms with Gasteiger partial charge in [0.2, 0.25) is 0 Å². The van der Waals surface area contributed by atoms with E-state index in [-0.39, 0.29) is 5.41 Å². The van der Waals surface area contributed by atoms with Crippen molar-refractivity contribution in [2.45, 2.75) is 40.5 Å². The predicted octanol–water partition coefficient (Wildman–Crippen LogP) is 4.04. The summed E-state index contributed by atoms with van der Waals surface area (Å²) in [6.45, 7) is 8.61. The molecule has 0 bridgehead atoms. The zero-order valence-electron chi connectivity index (χ0n) is 10.2. The van der Waals surface area contributed by atoms with Gasteiger partial charge in [-0.2, -0.15) is 0 Å². The second-order valence-electron chi connectivity index (χ2n) is 4.95. The van der Waals surface area contributed by atoms with Crippen LogP contribution >= 0.6 is 0 Å². The van der Waals surface area contributed by atoms with Crippen LogP contribution in [0.4, 0.5) is 0 Å². The molecule has 0 amide bonds. The molecular formula is C15H20. The van der Waals surface area contributed by atoms with Gasteiger partial charge in [-0.25, -0.2) is 0 Å². The summed E-state index contributed by atoms with van der Waals surface area (Å²) in [4.78, 5) is 0. The van der Waals surface area contributed by atoms with Gasteiger partial charge in [0, 0.05) is 11.0 Å². The molecule has 0 fully saturated rings. The fourth-order valence-corrected chi connectivity index (χ4v) is 1.35. The van der Waals surface area contributed by atoms with Gasteiger partial charge in [0.15, 0.2) is 0 Å². The fourth-order valence-electron chi connectivity index (χ4n) is 1.35. The maximum atomic E-state index is 3.26. The third-order valence-corrected chi connectivity index (χ3v) is 2.05. The third-order valence-electron chi connectivity index (χ3n) is 2.05. The Kier molecular flexibility index (Phi) is 3.97. The normalized spacial score (nSPS) is 10.7. The van der Waals surface area contributed by atoms with Crippen molar-refractivity contribution in [2.75, 3.05) is 0 Å². The Labute approximate surface area is 93.7 Å². The third kappa shape index (κ3) is 4.70. The average molecular weight is 200 g/mol. The first-order valence-electron chi connectivity index (χ1n) is 5.63. The quantitative estimate of drug-likeness (QED) is 0.632. The molecule has 0 aliphatic heterocycles.